The molecular formula is C29H35N5O7. The number of allylic oxidation sites excluding steroid dienone is 1. The summed E-state index contributed by atoms with van der Waals surface area (Å²) in [6.07, 6.45) is 2.48. The van der Waals surface area contributed by atoms with Crippen molar-refractivity contribution in [3.63, 3.8) is 0 Å². The van der Waals surface area contributed by atoms with Gasteiger partial charge in [0.1, 0.15) is 11.7 Å². The van der Waals surface area contributed by atoms with Crippen molar-refractivity contribution in [3.8, 4) is 11.4 Å². The summed E-state index contributed by atoms with van der Waals surface area (Å²) in [5.41, 5.74) is 2.09. The van der Waals surface area contributed by atoms with Crippen LogP contribution in [0.5, 0.6) is 0 Å². The van der Waals surface area contributed by atoms with E-state index in [4.69, 9.17) is 4.74 Å². The maximum atomic E-state index is 13.4. The molecule has 2 heterocycles. The zero-order valence-electron chi connectivity index (χ0n) is 23.0. The van der Waals surface area contributed by atoms with Crippen LogP contribution in [0.1, 0.15) is 61.1 Å². The Balaban J connectivity index is 1.49. The Labute approximate surface area is 238 Å². The van der Waals surface area contributed by atoms with Gasteiger partial charge in [-0.15, -0.1) is 0 Å². The number of carboxylic acid groups (broad SMARTS) is 1. The van der Waals surface area contributed by atoms with Crippen molar-refractivity contribution >= 4 is 23.9 Å². The van der Waals surface area contributed by atoms with Crippen LogP contribution in [0.4, 0.5) is 4.79 Å². The van der Waals surface area contributed by atoms with Crippen molar-refractivity contribution in [1.82, 2.24) is 25.1 Å². The summed E-state index contributed by atoms with van der Waals surface area (Å²) in [6.45, 7) is 3.35. The summed E-state index contributed by atoms with van der Waals surface area (Å²) in [5, 5.41) is 21.4. The third-order valence-corrected chi connectivity index (χ3v) is 7.08. The third kappa shape index (κ3) is 7.80. The molecule has 1 unspecified atom stereocenters. The van der Waals surface area contributed by atoms with Crippen molar-refractivity contribution in [3.05, 3.63) is 59.6 Å². The summed E-state index contributed by atoms with van der Waals surface area (Å²) in [6, 6.07) is 9.56. The number of carbonyl (C=O) groups excluding carboxylic acids is 3. The lowest BCUT2D eigenvalue weighted by Gasteiger charge is -2.36. The molecule has 1 aromatic heterocycles. The van der Waals surface area contributed by atoms with Gasteiger partial charge in [-0.2, -0.15) is 0 Å². The van der Waals surface area contributed by atoms with Crippen LogP contribution in [0.25, 0.3) is 11.4 Å². The number of aromatic nitrogens is 2. The molecular weight excluding hydrogens is 530 g/mol. The first-order valence-electron chi connectivity index (χ1n) is 13.8. The van der Waals surface area contributed by atoms with Crippen molar-refractivity contribution in [2.45, 2.75) is 51.0 Å². The lowest BCUT2D eigenvalue weighted by molar-refractivity contribution is -0.138. The fourth-order valence-electron chi connectivity index (χ4n) is 4.57. The van der Waals surface area contributed by atoms with Gasteiger partial charge in [-0.3, -0.25) is 14.4 Å². The van der Waals surface area contributed by atoms with Gasteiger partial charge in [0, 0.05) is 44.1 Å². The van der Waals surface area contributed by atoms with Crippen LogP contribution in [-0.2, 0) is 14.3 Å². The van der Waals surface area contributed by atoms with Crippen molar-refractivity contribution in [2.24, 2.45) is 0 Å². The second kappa shape index (κ2) is 13.7. The minimum atomic E-state index is -1.10. The summed E-state index contributed by atoms with van der Waals surface area (Å²) in [7, 11) is 0. The highest BCUT2D eigenvalue weighted by Crippen LogP contribution is 2.46. The molecule has 1 saturated heterocycles. The number of carboxylic acids is 1. The number of aliphatic hydroxyl groups is 1. The highest BCUT2D eigenvalue weighted by Gasteiger charge is 2.35. The minimum Gasteiger partial charge on any atom is -0.516 e. The molecule has 0 bridgehead atoms. The molecule has 0 spiro atoms. The Morgan fingerprint density at radius 1 is 1.10 bits per heavy atom. The molecule has 218 valence electrons. The SMILES string of the molecule is CCCCOC(=O)N1CCN(C(=O)C(CCC(=O)O)NC(=O)c2cc([C@H]3CC3=CO)nc(-c3ccccc3)n2)CC1. The fraction of sp³-hybridized carbons (Fsp3) is 0.448. The first kappa shape index (κ1) is 29.5. The van der Waals surface area contributed by atoms with Crippen LogP contribution >= 0.6 is 0 Å². The van der Waals surface area contributed by atoms with Crippen molar-refractivity contribution in [2.75, 3.05) is 32.8 Å². The van der Waals surface area contributed by atoms with Gasteiger partial charge in [0.2, 0.25) is 5.91 Å². The quantitative estimate of drug-likeness (QED) is 0.274. The van der Waals surface area contributed by atoms with Gasteiger partial charge in [-0.25, -0.2) is 14.8 Å². The molecule has 2 aliphatic rings. The second-order valence-corrected chi connectivity index (χ2v) is 10.1. The zero-order valence-corrected chi connectivity index (χ0v) is 23.0. The summed E-state index contributed by atoms with van der Waals surface area (Å²) in [4.78, 5) is 62.5. The van der Waals surface area contributed by atoms with E-state index in [0.717, 1.165) is 24.7 Å². The monoisotopic (exact) mass is 565 g/mol. The van der Waals surface area contributed by atoms with Crippen molar-refractivity contribution < 1.29 is 34.1 Å². The molecule has 3 amide bonds. The Bertz CT molecular complexity index is 1290. The number of hydrogen-bond acceptors (Lipinski definition) is 8. The lowest BCUT2D eigenvalue weighted by Crippen LogP contribution is -2.56. The number of benzene rings is 1. The molecule has 0 radical (unpaired) electrons. The maximum absolute atomic E-state index is 13.4. The van der Waals surface area contributed by atoms with E-state index in [9.17, 15) is 29.4 Å². The van der Waals surface area contributed by atoms with Crippen LogP contribution < -0.4 is 5.32 Å². The Morgan fingerprint density at radius 2 is 1.80 bits per heavy atom. The van der Waals surface area contributed by atoms with E-state index in [2.05, 4.69) is 15.3 Å². The van der Waals surface area contributed by atoms with Crippen LogP contribution in [0, 0.1) is 0 Å². The first-order valence-corrected chi connectivity index (χ1v) is 13.8. The molecule has 2 fully saturated rings. The predicted octanol–water partition coefficient (Wildman–Crippen LogP) is 3.12. The third-order valence-electron chi connectivity index (χ3n) is 7.08. The van der Waals surface area contributed by atoms with Gasteiger partial charge in [0.05, 0.1) is 18.6 Å². The molecule has 1 aliphatic carbocycles. The lowest BCUT2D eigenvalue weighted by atomic mass is 10.1. The average molecular weight is 566 g/mol. The van der Waals surface area contributed by atoms with E-state index in [-0.39, 0.29) is 50.6 Å². The number of rotatable bonds is 11. The molecule has 2 atom stereocenters. The Kier molecular flexibility index (Phi) is 9.88. The molecule has 1 aliphatic heterocycles. The molecule has 12 nitrogen and oxygen atoms in total. The van der Waals surface area contributed by atoms with Gasteiger partial charge >= 0.3 is 12.1 Å². The van der Waals surface area contributed by atoms with E-state index in [1.54, 1.807) is 0 Å². The van der Waals surface area contributed by atoms with Gasteiger partial charge in [0.25, 0.3) is 5.91 Å². The normalized spacial score (nSPS) is 18.1. The van der Waals surface area contributed by atoms with E-state index >= 15 is 0 Å². The number of aliphatic carboxylic acids is 1. The van der Waals surface area contributed by atoms with Gasteiger partial charge in [0.15, 0.2) is 5.82 Å². The molecule has 4 rings (SSSR count). The number of piperazine rings is 1. The van der Waals surface area contributed by atoms with Crippen LogP contribution in [-0.4, -0.2) is 92.7 Å². The molecule has 41 heavy (non-hydrogen) atoms. The molecule has 1 saturated carbocycles. The number of ether oxygens (including phenoxy) is 1. The molecule has 12 heteroatoms. The van der Waals surface area contributed by atoms with Crippen molar-refractivity contribution in [1.29, 1.82) is 0 Å². The van der Waals surface area contributed by atoms with E-state index in [1.165, 1.54) is 15.9 Å². The number of hydrogen-bond donors (Lipinski definition) is 3. The topological polar surface area (TPSA) is 162 Å². The number of amides is 3. The van der Waals surface area contributed by atoms with Crippen LogP contribution in [0.15, 0.2) is 48.2 Å². The molecule has 3 N–H and O–H groups in total. The summed E-state index contributed by atoms with van der Waals surface area (Å²) >= 11 is 0. The summed E-state index contributed by atoms with van der Waals surface area (Å²) < 4.78 is 5.25. The van der Waals surface area contributed by atoms with Gasteiger partial charge in [-0.05, 0) is 30.9 Å². The number of unbranched alkanes of at least 4 members (excludes halogenated alkanes) is 1. The largest absolute Gasteiger partial charge is 0.516 e. The molecule has 1 aromatic carbocycles. The Morgan fingerprint density at radius 3 is 2.44 bits per heavy atom. The number of nitrogens with one attached hydrogen (secondary N) is 1. The number of carbonyl (C=O) groups is 4. The van der Waals surface area contributed by atoms with Crippen LogP contribution in [0.2, 0.25) is 0 Å². The second-order valence-electron chi connectivity index (χ2n) is 10.1. The summed E-state index contributed by atoms with van der Waals surface area (Å²) in [5.74, 6) is -1.96. The predicted molar refractivity (Wildman–Crippen MR) is 148 cm³/mol. The zero-order chi connectivity index (χ0) is 29.4. The maximum Gasteiger partial charge on any atom is 0.409 e. The fourth-order valence-corrected chi connectivity index (χ4v) is 4.57. The van der Waals surface area contributed by atoms with Gasteiger partial charge in [-0.1, -0.05) is 43.7 Å². The van der Waals surface area contributed by atoms with E-state index in [1.807, 2.05) is 37.3 Å². The minimum absolute atomic E-state index is 0.0332. The van der Waals surface area contributed by atoms with E-state index in [0.29, 0.717) is 30.1 Å². The van der Waals surface area contributed by atoms with E-state index < -0.39 is 29.9 Å². The average Bonchev–Trinajstić information content (AvgIpc) is 3.79. The standard InChI is InChI=1S/C29H35N5O7/c1-2-3-15-41-29(40)34-13-11-33(12-14-34)28(39)22(9-10-25(36)37)32-27(38)24-17-23(21-16-20(21)18-35)30-26(31-24)19-7-5-4-6-8-19/h4-8,17-18,21-22,35H,2-3,9-16H2,1H3,(H,32,38)(H,36,37)/t21-,22?/m0/s1. The molecule has 2 aromatic rings. The number of nitrogens with zero attached hydrogens (tertiary/aromatic N) is 4. The smallest absolute Gasteiger partial charge is 0.409 e. The first-order chi connectivity index (χ1) is 19.8. The highest BCUT2D eigenvalue weighted by molar-refractivity contribution is 5.96. The van der Waals surface area contributed by atoms with Crippen LogP contribution in [0.3, 0.4) is 0 Å². The van der Waals surface area contributed by atoms with Gasteiger partial charge < -0.3 is 30.1 Å². The Hall–Kier alpha value is -4.48. The number of aliphatic hydroxyl groups excluding tert-OH is 1. The highest BCUT2D eigenvalue weighted by atomic mass is 16.6.